The van der Waals surface area contributed by atoms with E-state index < -0.39 is 5.41 Å². The highest BCUT2D eigenvalue weighted by Gasteiger charge is 2.38. The van der Waals surface area contributed by atoms with E-state index in [9.17, 15) is 9.90 Å². The van der Waals surface area contributed by atoms with Crippen molar-refractivity contribution < 1.29 is 14.6 Å². The number of benzene rings is 1. The van der Waals surface area contributed by atoms with Gasteiger partial charge in [0, 0.05) is 29.7 Å². The first-order valence-electron chi connectivity index (χ1n) is 9.54. The normalized spacial score (nSPS) is 15.3. The third-order valence-electron chi connectivity index (χ3n) is 5.20. The molecule has 0 atom stereocenters. The summed E-state index contributed by atoms with van der Waals surface area (Å²) in [5, 5.41) is 25.9. The van der Waals surface area contributed by atoms with Crippen molar-refractivity contribution in [3.63, 3.8) is 0 Å². The molecule has 150 valence electrons. The van der Waals surface area contributed by atoms with E-state index in [2.05, 4.69) is 26.7 Å². The fourth-order valence-corrected chi connectivity index (χ4v) is 3.51. The average Bonchev–Trinajstić information content (AvgIpc) is 3.05. The number of nitrogens with zero attached hydrogens (tertiary/aromatic N) is 2. The molecule has 1 aliphatic heterocycles. The van der Waals surface area contributed by atoms with Gasteiger partial charge < -0.3 is 25.5 Å². The predicted molar refractivity (Wildman–Crippen MR) is 110 cm³/mol. The molecule has 0 saturated carbocycles. The Morgan fingerprint density at radius 2 is 2.24 bits per heavy atom. The van der Waals surface area contributed by atoms with E-state index in [1.54, 1.807) is 18.3 Å². The Morgan fingerprint density at radius 3 is 2.86 bits per heavy atom. The molecule has 8 heteroatoms. The molecular formula is C21H23N5O3. The molecule has 29 heavy (non-hydrogen) atoms. The highest BCUT2D eigenvalue weighted by Crippen LogP contribution is 2.32. The van der Waals surface area contributed by atoms with Crippen LogP contribution >= 0.6 is 0 Å². The van der Waals surface area contributed by atoms with E-state index >= 15 is 0 Å². The highest BCUT2D eigenvalue weighted by molar-refractivity contribution is 6.13. The van der Waals surface area contributed by atoms with Gasteiger partial charge in [-0.1, -0.05) is 0 Å². The number of carbonyl (C=O) groups is 1. The minimum absolute atomic E-state index is 0.0368. The van der Waals surface area contributed by atoms with E-state index in [0.29, 0.717) is 36.6 Å². The zero-order valence-electron chi connectivity index (χ0n) is 16.4. The fraction of sp³-hybridized carbons (Fsp3) is 0.381. The van der Waals surface area contributed by atoms with Crippen LogP contribution in [0.5, 0.6) is 0 Å². The van der Waals surface area contributed by atoms with Crippen LogP contribution < -0.4 is 10.6 Å². The average molecular weight is 393 g/mol. The maximum atomic E-state index is 12.9. The number of amides is 1. The monoisotopic (exact) mass is 393 g/mol. The summed E-state index contributed by atoms with van der Waals surface area (Å²) in [4.78, 5) is 20.8. The lowest BCUT2D eigenvalue weighted by atomic mass is 9.87. The van der Waals surface area contributed by atoms with Gasteiger partial charge in [-0.25, -0.2) is 0 Å². The van der Waals surface area contributed by atoms with Crippen LogP contribution in [0, 0.1) is 16.7 Å². The first kappa shape index (κ1) is 19.2. The zero-order valence-corrected chi connectivity index (χ0v) is 16.4. The maximum Gasteiger partial charge on any atom is 0.255 e. The molecule has 0 spiro atoms. The molecule has 0 bridgehead atoms. The molecule has 8 nitrogen and oxygen atoms in total. The number of nitrogens with one attached hydrogen (secondary N) is 3. The molecule has 0 aliphatic carbocycles. The van der Waals surface area contributed by atoms with Gasteiger partial charge in [-0.3, -0.25) is 9.78 Å². The summed E-state index contributed by atoms with van der Waals surface area (Å²) in [5.41, 5.74) is 3.49. The van der Waals surface area contributed by atoms with E-state index in [1.165, 1.54) is 0 Å². The summed E-state index contributed by atoms with van der Waals surface area (Å²) in [6.07, 6.45) is 1.57. The van der Waals surface area contributed by atoms with Gasteiger partial charge in [0.25, 0.3) is 5.91 Å². The summed E-state index contributed by atoms with van der Waals surface area (Å²) in [7, 11) is 0. The second-order valence-electron chi connectivity index (χ2n) is 7.90. The smallest absolute Gasteiger partial charge is 0.255 e. The number of anilines is 1. The Hall–Kier alpha value is -3.15. The summed E-state index contributed by atoms with van der Waals surface area (Å²) < 4.78 is 5.19. The molecular weight excluding hydrogens is 370 g/mol. The maximum absolute atomic E-state index is 12.9. The quantitative estimate of drug-likeness (QED) is 0.509. The third-order valence-corrected chi connectivity index (χ3v) is 5.20. The van der Waals surface area contributed by atoms with Crippen molar-refractivity contribution in [2.24, 2.45) is 5.41 Å². The van der Waals surface area contributed by atoms with Crippen LogP contribution in [0.25, 0.3) is 21.9 Å². The van der Waals surface area contributed by atoms with Crippen molar-refractivity contribution >= 4 is 33.5 Å². The topological polar surface area (TPSA) is 123 Å². The second-order valence-corrected chi connectivity index (χ2v) is 7.90. The number of H-pyrrole nitrogens is 1. The molecule has 1 amide bonds. The van der Waals surface area contributed by atoms with Crippen molar-refractivity contribution in [3.8, 4) is 6.07 Å². The molecule has 1 aliphatic rings. The van der Waals surface area contributed by atoms with Gasteiger partial charge in [-0.05, 0) is 32.0 Å². The molecule has 4 rings (SSSR count). The fourth-order valence-electron chi connectivity index (χ4n) is 3.51. The van der Waals surface area contributed by atoms with Crippen molar-refractivity contribution in [1.29, 1.82) is 5.26 Å². The van der Waals surface area contributed by atoms with E-state index in [4.69, 9.17) is 10.00 Å². The Morgan fingerprint density at radius 1 is 1.45 bits per heavy atom. The Bertz CT molecular complexity index is 1120. The van der Waals surface area contributed by atoms with Crippen LogP contribution in [-0.2, 0) is 4.74 Å². The molecule has 0 unspecified atom stereocenters. The molecule has 2 aromatic heterocycles. The summed E-state index contributed by atoms with van der Waals surface area (Å²) >= 11 is 0. The summed E-state index contributed by atoms with van der Waals surface area (Å²) in [6, 6.07) is 7.62. The molecule has 1 saturated heterocycles. The van der Waals surface area contributed by atoms with Crippen LogP contribution in [0.1, 0.15) is 29.8 Å². The SMILES string of the molecule is CC(C)Nc1c(C(=O)NCC2(CO)COC2)cnc2c1[nH]c1cc(C#N)ccc12. The third kappa shape index (κ3) is 3.39. The van der Waals surface area contributed by atoms with E-state index in [1.807, 2.05) is 19.9 Å². The van der Waals surface area contributed by atoms with Gasteiger partial charge >= 0.3 is 0 Å². The molecule has 4 N–H and O–H groups in total. The molecule has 3 aromatic rings. The van der Waals surface area contributed by atoms with E-state index in [-0.39, 0.29) is 18.6 Å². The highest BCUT2D eigenvalue weighted by atomic mass is 16.5. The number of aliphatic hydroxyl groups is 1. The standard InChI is InChI=1S/C21H23N5O3/c1-12(2)25-18-15(20(28)24-8-21(9-27)10-29-11-21)7-23-17-14-4-3-13(6-22)5-16(14)26-19(17)18/h3-5,7,12,26-27H,8-11H2,1-2H3,(H,23,25)(H,24,28). The molecule has 1 aromatic carbocycles. The minimum Gasteiger partial charge on any atom is -0.396 e. The first-order chi connectivity index (χ1) is 14.0. The number of hydrogen-bond acceptors (Lipinski definition) is 6. The molecule has 3 heterocycles. The zero-order chi connectivity index (χ0) is 20.6. The first-order valence-corrected chi connectivity index (χ1v) is 9.54. The number of aliphatic hydroxyl groups excluding tert-OH is 1. The number of aromatic nitrogens is 2. The lowest BCUT2D eigenvalue weighted by molar-refractivity contribution is -0.133. The summed E-state index contributed by atoms with van der Waals surface area (Å²) in [5.74, 6) is -0.265. The van der Waals surface area contributed by atoms with Gasteiger partial charge in [-0.15, -0.1) is 0 Å². The Kier molecular flexibility index (Phi) is 4.86. The van der Waals surface area contributed by atoms with Crippen LogP contribution in [0.3, 0.4) is 0 Å². The van der Waals surface area contributed by atoms with Gasteiger partial charge in [-0.2, -0.15) is 5.26 Å². The number of nitriles is 1. The Balaban J connectivity index is 1.75. The number of pyridine rings is 1. The number of hydrogen-bond donors (Lipinski definition) is 4. The lowest BCUT2D eigenvalue weighted by Gasteiger charge is -2.39. The van der Waals surface area contributed by atoms with E-state index in [0.717, 1.165) is 21.9 Å². The number of ether oxygens (including phenoxy) is 1. The predicted octanol–water partition coefficient (Wildman–Crippen LogP) is 2.15. The molecule has 0 radical (unpaired) electrons. The van der Waals surface area contributed by atoms with Crippen LogP contribution in [0.4, 0.5) is 5.69 Å². The van der Waals surface area contributed by atoms with Crippen LogP contribution in [0.2, 0.25) is 0 Å². The lowest BCUT2D eigenvalue weighted by Crippen LogP contribution is -2.53. The number of aromatic amines is 1. The van der Waals surface area contributed by atoms with Crippen molar-refractivity contribution in [2.75, 3.05) is 31.7 Å². The van der Waals surface area contributed by atoms with Gasteiger partial charge in [0.1, 0.15) is 0 Å². The van der Waals surface area contributed by atoms with Crippen LogP contribution in [0.15, 0.2) is 24.4 Å². The van der Waals surface area contributed by atoms with Gasteiger partial charge in [0.15, 0.2) is 0 Å². The van der Waals surface area contributed by atoms with Crippen molar-refractivity contribution in [3.05, 3.63) is 35.5 Å². The number of fused-ring (bicyclic) bond motifs is 3. The van der Waals surface area contributed by atoms with Gasteiger partial charge in [0.2, 0.25) is 0 Å². The minimum atomic E-state index is -0.409. The Labute approximate surface area is 167 Å². The second kappa shape index (κ2) is 7.35. The van der Waals surface area contributed by atoms with Crippen molar-refractivity contribution in [1.82, 2.24) is 15.3 Å². The number of rotatable bonds is 6. The van der Waals surface area contributed by atoms with Gasteiger partial charge in [0.05, 0.1) is 59.2 Å². The number of carbonyl (C=O) groups excluding carboxylic acids is 1. The molecule has 1 fully saturated rings. The summed E-state index contributed by atoms with van der Waals surface area (Å²) in [6.45, 7) is 5.15. The van der Waals surface area contributed by atoms with Crippen molar-refractivity contribution in [2.45, 2.75) is 19.9 Å². The van der Waals surface area contributed by atoms with Crippen LogP contribution in [-0.4, -0.2) is 53.4 Å². The largest absolute Gasteiger partial charge is 0.396 e.